The van der Waals surface area contributed by atoms with Gasteiger partial charge in [0, 0.05) is 43.6 Å². The number of hydrogen-bond acceptors (Lipinski definition) is 6. The third kappa shape index (κ3) is 5.74. The molecular weight excluding hydrogens is 390 g/mol. The number of carbonyl (C=O) groups excluding carboxylic acids is 1. The summed E-state index contributed by atoms with van der Waals surface area (Å²) in [6, 6.07) is 6.23. The maximum atomic E-state index is 12.6. The van der Waals surface area contributed by atoms with Gasteiger partial charge in [-0.25, -0.2) is 18.1 Å². The largest absolute Gasteiger partial charge is 0.355 e. The average Bonchev–Trinajstić information content (AvgIpc) is 2.73. The molecule has 0 unspecified atom stereocenters. The SMILES string of the molecule is CC(C)C(=O)Nc1ccc(S(=O)(=O)NCC2CCN(c3cnccn3)CC2)cc1. The summed E-state index contributed by atoms with van der Waals surface area (Å²) in [7, 11) is -3.59. The summed E-state index contributed by atoms with van der Waals surface area (Å²) in [5.41, 5.74) is 0.582. The molecule has 0 atom stereocenters. The van der Waals surface area contributed by atoms with Crippen LogP contribution >= 0.6 is 0 Å². The topological polar surface area (TPSA) is 104 Å². The molecule has 1 aliphatic heterocycles. The monoisotopic (exact) mass is 417 g/mol. The van der Waals surface area contributed by atoms with Crippen LogP contribution in [0.5, 0.6) is 0 Å². The van der Waals surface area contributed by atoms with Gasteiger partial charge in [0.05, 0.1) is 11.1 Å². The molecular formula is C20H27N5O3S. The van der Waals surface area contributed by atoms with E-state index in [0.717, 1.165) is 31.7 Å². The minimum Gasteiger partial charge on any atom is -0.355 e. The van der Waals surface area contributed by atoms with E-state index < -0.39 is 10.0 Å². The molecule has 29 heavy (non-hydrogen) atoms. The lowest BCUT2D eigenvalue weighted by atomic mass is 9.97. The maximum Gasteiger partial charge on any atom is 0.240 e. The highest BCUT2D eigenvalue weighted by molar-refractivity contribution is 7.89. The highest BCUT2D eigenvalue weighted by Crippen LogP contribution is 2.21. The second-order valence-corrected chi connectivity index (χ2v) is 9.28. The van der Waals surface area contributed by atoms with Gasteiger partial charge in [-0.2, -0.15) is 0 Å². The number of aromatic nitrogens is 2. The van der Waals surface area contributed by atoms with E-state index in [0.29, 0.717) is 12.2 Å². The highest BCUT2D eigenvalue weighted by Gasteiger charge is 2.22. The first-order valence-corrected chi connectivity index (χ1v) is 11.2. The molecule has 1 fully saturated rings. The number of piperidine rings is 1. The van der Waals surface area contributed by atoms with Crippen LogP contribution in [0, 0.1) is 11.8 Å². The molecule has 1 amide bonds. The van der Waals surface area contributed by atoms with Crippen LogP contribution in [0.4, 0.5) is 11.5 Å². The Kier molecular flexibility index (Phi) is 6.81. The quantitative estimate of drug-likeness (QED) is 0.716. The van der Waals surface area contributed by atoms with Gasteiger partial charge in [0.2, 0.25) is 15.9 Å². The van der Waals surface area contributed by atoms with Crippen LogP contribution in [0.15, 0.2) is 47.8 Å². The van der Waals surface area contributed by atoms with Crippen molar-refractivity contribution < 1.29 is 13.2 Å². The number of anilines is 2. The number of carbonyl (C=O) groups is 1. The Morgan fingerprint density at radius 2 is 1.86 bits per heavy atom. The molecule has 1 aliphatic rings. The summed E-state index contributed by atoms with van der Waals surface area (Å²) in [4.78, 5) is 22.5. The zero-order valence-electron chi connectivity index (χ0n) is 16.7. The van der Waals surface area contributed by atoms with Gasteiger partial charge in [-0.1, -0.05) is 13.8 Å². The van der Waals surface area contributed by atoms with Gasteiger partial charge in [-0.15, -0.1) is 0 Å². The van der Waals surface area contributed by atoms with Crippen LogP contribution in [0.25, 0.3) is 0 Å². The number of benzene rings is 1. The van der Waals surface area contributed by atoms with Gasteiger partial charge < -0.3 is 10.2 Å². The fraction of sp³-hybridized carbons (Fsp3) is 0.450. The second-order valence-electron chi connectivity index (χ2n) is 7.51. The molecule has 8 nitrogen and oxygen atoms in total. The fourth-order valence-electron chi connectivity index (χ4n) is 3.14. The van der Waals surface area contributed by atoms with Gasteiger partial charge in [-0.05, 0) is 43.0 Å². The normalized spacial score (nSPS) is 15.5. The summed E-state index contributed by atoms with van der Waals surface area (Å²) in [5, 5.41) is 2.75. The Bertz CT molecular complexity index is 909. The van der Waals surface area contributed by atoms with Crippen molar-refractivity contribution in [2.45, 2.75) is 31.6 Å². The molecule has 2 N–H and O–H groups in total. The van der Waals surface area contributed by atoms with E-state index in [1.807, 2.05) is 0 Å². The predicted octanol–water partition coefficient (Wildman–Crippen LogP) is 2.27. The highest BCUT2D eigenvalue weighted by atomic mass is 32.2. The molecule has 0 radical (unpaired) electrons. The molecule has 2 heterocycles. The van der Waals surface area contributed by atoms with Crippen molar-refractivity contribution in [2.24, 2.45) is 11.8 Å². The number of nitrogens with zero attached hydrogens (tertiary/aromatic N) is 3. The molecule has 1 saturated heterocycles. The predicted molar refractivity (Wildman–Crippen MR) is 112 cm³/mol. The molecule has 0 saturated carbocycles. The van der Waals surface area contributed by atoms with Gasteiger partial charge in [0.15, 0.2) is 0 Å². The fourth-order valence-corrected chi connectivity index (χ4v) is 4.25. The van der Waals surface area contributed by atoms with Crippen LogP contribution in [-0.2, 0) is 14.8 Å². The summed E-state index contributed by atoms with van der Waals surface area (Å²) in [5.74, 6) is 0.894. The first-order chi connectivity index (χ1) is 13.8. The molecule has 1 aromatic carbocycles. The average molecular weight is 418 g/mol. The number of nitrogens with one attached hydrogen (secondary N) is 2. The van der Waals surface area contributed by atoms with Crippen LogP contribution in [-0.4, -0.2) is 43.9 Å². The van der Waals surface area contributed by atoms with Gasteiger partial charge in [0.25, 0.3) is 0 Å². The van der Waals surface area contributed by atoms with Crippen molar-refractivity contribution in [3.05, 3.63) is 42.9 Å². The summed E-state index contributed by atoms with van der Waals surface area (Å²) >= 11 is 0. The third-order valence-corrected chi connectivity index (χ3v) is 6.45. The first-order valence-electron chi connectivity index (χ1n) is 9.77. The van der Waals surface area contributed by atoms with Crippen molar-refractivity contribution in [1.82, 2.24) is 14.7 Å². The number of hydrogen-bond donors (Lipinski definition) is 2. The van der Waals surface area contributed by atoms with E-state index in [1.54, 1.807) is 44.6 Å². The van der Waals surface area contributed by atoms with Crippen molar-refractivity contribution in [2.75, 3.05) is 29.9 Å². The molecule has 1 aromatic heterocycles. The lowest BCUT2D eigenvalue weighted by Crippen LogP contribution is -2.39. The van der Waals surface area contributed by atoms with E-state index in [9.17, 15) is 13.2 Å². The lowest BCUT2D eigenvalue weighted by Gasteiger charge is -2.32. The van der Waals surface area contributed by atoms with E-state index in [-0.39, 0.29) is 22.6 Å². The number of amides is 1. The van der Waals surface area contributed by atoms with Gasteiger partial charge in [0.1, 0.15) is 5.82 Å². The Morgan fingerprint density at radius 3 is 2.45 bits per heavy atom. The second kappa shape index (κ2) is 9.32. The number of sulfonamides is 1. The van der Waals surface area contributed by atoms with Crippen LogP contribution in [0.3, 0.4) is 0 Å². The van der Waals surface area contributed by atoms with E-state index >= 15 is 0 Å². The lowest BCUT2D eigenvalue weighted by molar-refractivity contribution is -0.118. The minimum atomic E-state index is -3.59. The zero-order chi connectivity index (χ0) is 20.9. The van der Waals surface area contributed by atoms with E-state index in [4.69, 9.17) is 0 Å². The van der Waals surface area contributed by atoms with Crippen molar-refractivity contribution in [3.63, 3.8) is 0 Å². The smallest absolute Gasteiger partial charge is 0.240 e. The van der Waals surface area contributed by atoms with Crippen LogP contribution in [0.1, 0.15) is 26.7 Å². The zero-order valence-corrected chi connectivity index (χ0v) is 17.5. The van der Waals surface area contributed by atoms with Crippen molar-refractivity contribution in [3.8, 4) is 0 Å². The summed E-state index contributed by atoms with van der Waals surface area (Å²) in [6.07, 6.45) is 6.85. The van der Waals surface area contributed by atoms with Crippen molar-refractivity contribution >= 4 is 27.4 Å². The molecule has 0 bridgehead atoms. The minimum absolute atomic E-state index is 0.105. The van der Waals surface area contributed by atoms with Gasteiger partial charge in [-0.3, -0.25) is 9.78 Å². The molecule has 3 rings (SSSR count). The van der Waals surface area contributed by atoms with E-state index in [1.165, 1.54) is 12.1 Å². The Hall–Kier alpha value is -2.52. The van der Waals surface area contributed by atoms with Crippen molar-refractivity contribution in [1.29, 1.82) is 0 Å². The van der Waals surface area contributed by atoms with Gasteiger partial charge >= 0.3 is 0 Å². The Labute approximate surface area is 171 Å². The molecule has 2 aromatic rings. The molecule has 9 heteroatoms. The van der Waals surface area contributed by atoms with Crippen LogP contribution < -0.4 is 14.9 Å². The molecule has 156 valence electrons. The standard InChI is InChI=1S/C20H27N5O3S/c1-15(2)20(26)24-17-3-5-18(6-4-17)29(27,28)23-13-16-7-11-25(12-8-16)19-14-21-9-10-22-19/h3-6,9-10,14-16,23H,7-8,11-13H2,1-2H3,(H,24,26). The summed E-state index contributed by atoms with van der Waals surface area (Å²) in [6.45, 7) is 5.67. The Balaban J connectivity index is 1.51. The summed E-state index contributed by atoms with van der Waals surface area (Å²) < 4.78 is 27.9. The first kappa shape index (κ1) is 21.2. The molecule has 0 spiro atoms. The maximum absolute atomic E-state index is 12.6. The van der Waals surface area contributed by atoms with E-state index in [2.05, 4.69) is 24.9 Å². The number of rotatable bonds is 7. The van der Waals surface area contributed by atoms with Crippen LogP contribution in [0.2, 0.25) is 0 Å². The Morgan fingerprint density at radius 1 is 1.17 bits per heavy atom. The molecule has 0 aliphatic carbocycles. The third-order valence-electron chi connectivity index (χ3n) is 5.01.